The molecule has 0 radical (unpaired) electrons. The minimum absolute atomic E-state index is 0.257. The van der Waals surface area contributed by atoms with Gasteiger partial charge in [-0.25, -0.2) is 4.79 Å². The van der Waals surface area contributed by atoms with Gasteiger partial charge >= 0.3 is 6.03 Å². The predicted octanol–water partition coefficient (Wildman–Crippen LogP) is 6.35. The molecule has 0 saturated heterocycles. The maximum Gasteiger partial charge on any atom is 0.323 e. The zero-order chi connectivity index (χ0) is 25.6. The van der Waals surface area contributed by atoms with Gasteiger partial charge in [-0.3, -0.25) is 9.78 Å². The van der Waals surface area contributed by atoms with E-state index >= 15 is 0 Å². The Morgan fingerprint density at radius 2 is 1.57 bits per heavy atom. The first-order valence-corrected chi connectivity index (χ1v) is 11.5. The molecule has 0 unspecified atom stereocenters. The van der Waals surface area contributed by atoms with E-state index < -0.39 is 0 Å². The number of rotatable bonds is 6. The first kappa shape index (κ1) is 23.7. The lowest BCUT2D eigenvalue weighted by molar-refractivity contribution is 0.102. The average molecular weight is 511 g/mol. The maximum absolute atomic E-state index is 12.4. The number of anilines is 3. The molecule has 0 aliphatic rings. The molecule has 3 N–H and O–H groups in total. The smallest absolute Gasteiger partial charge is 0.323 e. The molecule has 9 nitrogen and oxygen atoms in total. The Bertz CT molecular complexity index is 1560. The van der Waals surface area contributed by atoms with E-state index in [1.54, 1.807) is 72.9 Å². The first-order valence-electron chi connectivity index (χ1n) is 11.1. The van der Waals surface area contributed by atoms with Gasteiger partial charge in [-0.05, 0) is 60.7 Å². The summed E-state index contributed by atoms with van der Waals surface area (Å²) >= 11 is 6.46. The second kappa shape index (κ2) is 10.7. The van der Waals surface area contributed by atoms with Crippen LogP contribution in [0, 0.1) is 0 Å². The Kier molecular flexibility index (Phi) is 6.87. The molecule has 0 aliphatic carbocycles. The third kappa shape index (κ3) is 5.80. The first-order chi connectivity index (χ1) is 18.0. The minimum atomic E-state index is -0.378. The van der Waals surface area contributed by atoms with Crippen LogP contribution < -0.4 is 16.0 Å². The van der Waals surface area contributed by atoms with Gasteiger partial charge in [0.05, 0.1) is 10.6 Å². The normalized spacial score (nSPS) is 10.5. The van der Waals surface area contributed by atoms with Crippen LogP contribution in [0.1, 0.15) is 10.4 Å². The highest BCUT2D eigenvalue weighted by molar-refractivity contribution is 6.33. The van der Waals surface area contributed by atoms with Crippen molar-refractivity contribution in [2.24, 2.45) is 0 Å². The van der Waals surface area contributed by atoms with Gasteiger partial charge in [0.25, 0.3) is 11.8 Å². The number of pyridine rings is 1. The van der Waals surface area contributed by atoms with Crippen LogP contribution in [-0.4, -0.2) is 27.1 Å². The van der Waals surface area contributed by atoms with Crippen LogP contribution in [0.15, 0.2) is 102 Å². The number of amides is 3. The number of hydrogen-bond donors (Lipinski definition) is 3. The van der Waals surface area contributed by atoms with Crippen molar-refractivity contribution in [3.63, 3.8) is 0 Å². The number of carbonyl (C=O) groups is 2. The summed E-state index contributed by atoms with van der Waals surface area (Å²) in [6, 6.07) is 24.1. The van der Waals surface area contributed by atoms with Gasteiger partial charge in [0.15, 0.2) is 0 Å². The fraction of sp³-hybridized carbons (Fsp3) is 0. The van der Waals surface area contributed by atoms with Crippen molar-refractivity contribution in [1.29, 1.82) is 0 Å². The van der Waals surface area contributed by atoms with Crippen molar-refractivity contribution in [2.45, 2.75) is 0 Å². The molecule has 3 aromatic carbocycles. The highest BCUT2D eigenvalue weighted by atomic mass is 35.5. The number of carbonyl (C=O) groups excluding carboxylic acids is 2. The zero-order valence-electron chi connectivity index (χ0n) is 19.2. The van der Waals surface area contributed by atoms with Crippen molar-refractivity contribution < 1.29 is 14.1 Å². The predicted molar refractivity (Wildman–Crippen MR) is 141 cm³/mol. The summed E-state index contributed by atoms with van der Waals surface area (Å²) in [5.41, 5.74) is 3.33. The second-order valence-corrected chi connectivity index (χ2v) is 8.25. The lowest BCUT2D eigenvalue weighted by atomic mass is 10.1. The Hall–Kier alpha value is -5.02. The summed E-state index contributed by atoms with van der Waals surface area (Å²) in [5.74, 6) is 0.238. The molecule has 0 bridgehead atoms. The van der Waals surface area contributed by atoms with E-state index in [0.29, 0.717) is 38.8 Å². The molecule has 0 aliphatic heterocycles. The maximum atomic E-state index is 12.4. The monoisotopic (exact) mass is 510 g/mol. The van der Waals surface area contributed by atoms with Crippen LogP contribution in [0.3, 0.4) is 0 Å². The SMILES string of the molecule is O=C(Nc1ccccc1)Nc1cccc(-c2nc(-c3ccc(NC(=O)c4cccnc4)cc3Cl)no2)c1. The fourth-order valence-electron chi connectivity index (χ4n) is 3.47. The molecule has 182 valence electrons. The number of aromatic nitrogens is 3. The summed E-state index contributed by atoms with van der Waals surface area (Å²) in [5, 5.41) is 12.7. The average Bonchev–Trinajstić information content (AvgIpc) is 3.40. The number of halogens is 1. The number of urea groups is 1. The lowest BCUT2D eigenvalue weighted by Gasteiger charge is -2.08. The van der Waals surface area contributed by atoms with E-state index in [2.05, 4.69) is 31.1 Å². The van der Waals surface area contributed by atoms with Gasteiger partial charge in [-0.2, -0.15) is 4.98 Å². The molecule has 0 fully saturated rings. The van der Waals surface area contributed by atoms with E-state index in [1.807, 2.05) is 18.2 Å². The van der Waals surface area contributed by atoms with Crippen LogP contribution >= 0.6 is 11.6 Å². The van der Waals surface area contributed by atoms with Crippen molar-refractivity contribution in [3.8, 4) is 22.8 Å². The molecular weight excluding hydrogens is 492 g/mol. The minimum Gasteiger partial charge on any atom is -0.334 e. The highest BCUT2D eigenvalue weighted by Gasteiger charge is 2.15. The van der Waals surface area contributed by atoms with Gasteiger partial charge in [0.1, 0.15) is 0 Å². The fourth-order valence-corrected chi connectivity index (χ4v) is 3.73. The Balaban J connectivity index is 1.28. The molecule has 5 aromatic rings. The quantitative estimate of drug-likeness (QED) is 0.245. The number of hydrogen-bond acceptors (Lipinski definition) is 6. The second-order valence-electron chi connectivity index (χ2n) is 7.84. The molecule has 5 rings (SSSR count). The summed E-state index contributed by atoms with van der Waals surface area (Å²) in [6.45, 7) is 0. The molecule has 37 heavy (non-hydrogen) atoms. The Morgan fingerprint density at radius 3 is 2.35 bits per heavy atom. The standard InChI is InChI=1S/C27H19ClN6O3/c28-23-15-21(30-25(35)18-7-5-13-29-16-18)11-12-22(23)24-33-26(37-34-24)17-6-4-10-20(14-17)32-27(36)31-19-8-2-1-3-9-19/h1-16H,(H,30,35)(H2,31,32,36). The summed E-state index contributed by atoms with van der Waals surface area (Å²) < 4.78 is 5.44. The summed E-state index contributed by atoms with van der Waals surface area (Å²) in [4.78, 5) is 33.1. The molecule has 2 aromatic heterocycles. The zero-order valence-corrected chi connectivity index (χ0v) is 19.9. The number of para-hydroxylation sites is 1. The van der Waals surface area contributed by atoms with Gasteiger partial charge in [0, 0.05) is 40.6 Å². The van der Waals surface area contributed by atoms with Gasteiger partial charge in [0.2, 0.25) is 5.82 Å². The molecule has 0 atom stereocenters. The van der Waals surface area contributed by atoms with E-state index in [4.69, 9.17) is 16.1 Å². The number of benzene rings is 3. The van der Waals surface area contributed by atoms with Gasteiger partial charge in [-0.15, -0.1) is 0 Å². The summed E-state index contributed by atoms with van der Waals surface area (Å²) in [7, 11) is 0. The van der Waals surface area contributed by atoms with E-state index in [1.165, 1.54) is 6.20 Å². The van der Waals surface area contributed by atoms with Crippen LogP contribution in [0.4, 0.5) is 21.9 Å². The lowest BCUT2D eigenvalue weighted by Crippen LogP contribution is -2.19. The molecule has 2 heterocycles. The Morgan fingerprint density at radius 1 is 0.784 bits per heavy atom. The molecule has 3 amide bonds. The van der Waals surface area contributed by atoms with Crippen LogP contribution in [0.5, 0.6) is 0 Å². The highest BCUT2D eigenvalue weighted by Crippen LogP contribution is 2.31. The van der Waals surface area contributed by atoms with Gasteiger partial charge in [-0.1, -0.05) is 41.0 Å². The van der Waals surface area contributed by atoms with E-state index in [-0.39, 0.29) is 23.7 Å². The van der Waals surface area contributed by atoms with Crippen molar-refractivity contribution in [1.82, 2.24) is 15.1 Å². The molecule has 0 saturated carbocycles. The largest absolute Gasteiger partial charge is 0.334 e. The number of nitrogens with one attached hydrogen (secondary N) is 3. The topological polar surface area (TPSA) is 122 Å². The third-order valence-electron chi connectivity index (χ3n) is 5.22. The van der Waals surface area contributed by atoms with E-state index in [0.717, 1.165) is 0 Å². The molecule has 10 heteroatoms. The molecule has 0 spiro atoms. The third-order valence-corrected chi connectivity index (χ3v) is 5.53. The van der Waals surface area contributed by atoms with Crippen LogP contribution in [-0.2, 0) is 0 Å². The van der Waals surface area contributed by atoms with Crippen LogP contribution in [0.2, 0.25) is 5.02 Å². The van der Waals surface area contributed by atoms with Crippen LogP contribution in [0.25, 0.3) is 22.8 Å². The van der Waals surface area contributed by atoms with Crippen molar-refractivity contribution >= 4 is 40.6 Å². The number of nitrogens with zero attached hydrogens (tertiary/aromatic N) is 3. The van der Waals surface area contributed by atoms with E-state index in [9.17, 15) is 9.59 Å². The molecular formula is C27H19ClN6O3. The summed E-state index contributed by atoms with van der Waals surface area (Å²) in [6.07, 6.45) is 3.07. The van der Waals surface area contributed by atoms with Crippen molar-refractivity contribution in [2.75, 3.05) is 16.0 Å². The van der Waals surface area contributed by atoms with Crippen molar-refractivity contribution in [3.05, 3.63) is 108 Å². The Labute approximate surface area is 216 Å². The van der Waals surface area contributed by atoms with Gasteiger partial charge < -0.3 is 20.5 Å².